The van der Waals surface area contributed by atoms with E-state index >= 15 is 0 Å². The molecule has 0 aliphatic carbocycles. The third kappa shape index (κ3) is 4.34. The molecule has 32 heavy (non-hydrogen) atoms. The van der Waals surface area contributed by atoms with Gasteiger partial charge < -0.3 is 19.5 Å². The minimum atomic E-state index is -0.819. The molecule has 9 heteroatoms. The second kappa shape index (κ2) is 9.68. The molecule has 168 valence electrons. The van der Waals surface area contributed by atoms with Crippen LogP contribution in [0.2, 0.25) is 5.02 Å². The van der Waals surface area contributed by atoms with Crippen LogP contribution in [0.4, 0.5) is 0 Å². The summed E-state index contributed by atoms with van der Waals surface area (Å²) in [6, 6.07) is 9.18. The number of aliphatic hydroxyl groups excluding tert-OH is 1. The highest BCUT2D eigenvalue weighted by Gasteiger charge is 2.47. The molecule has 1 amide bonds. The zero-order valence-electron chi connectivity index (χ0n) is 17.7. The van der Waals surface area contributed by atoms with Crippen molar-refractivity contribution in [3.05, 3.63) is 64.4 Å². The molecule has 2 aromatic rings. The number of rotatable bonds is 6. The van der Waals surface area contributed by atoms with E-state index in [-0.39, 0.29) is 16.9 Å². The number of ketones is 1. The Bertz CT molecular complexity index is 1040. The van der Waals surface area contributed by atoms with E-state index in [1.165, 1.54) is 18.1 Å². The molecule has 0 unspecified atom stereocenters. The highest BCUT2D eigenvalue weighted by Crippen LogP contribution is 2.40. The van der Waals surface area contributed by atoms with E-state index in [4.69, 9.17) is 21.1 Å². The number of carbonyl (C=O) groups is 2. The van der Waals surface area contributed by atoms with Crippen LogP contribution in [0.1, 0.15) is 17.3 Å². The van der Waals surface area contributed by atoms with Crippen LogP contribution >= 0.6 is 11.6 Å². The summed E-state index contributed by atoms with van der Waals surface area (Å²) in [5, 5.41) is 11.6. The Kier molecular flexibility index (Phi) is 6.74. The lowest BCUT2D eigenvalue weighted by Gasteiger charge is -2.30. The van der Waals surface area contributed by atoms with Crippen molar-refractivity contribution in [1.29, 1.82) is 0 Å². The Morgan fingerprint density at radius 1 is 1.22 bits per heavy atom. The Morgan fingerprint density at radius 2 is 2.00 bits per heavy atom. The molecule has 0 bridgehead atoms. The molecule has 0 radical (unpaired) electrons. The molecule has 4 rings (SSSR count). The van der Waals surface area contributed by atoms with E-state index < -0.39 is 17.7 Å². The summed E-state index contributed by atoms with van der Waals surface area (Å²) in [4.78, 5) is 34.2. The maximum atomic E-state index is 13.1. The van der Waals surface area contributed by atoms with Gasteiger partial charge >= 0.3 is 0 Å². The van der Waals surface area contributed by atoms with Gasteiger partial charge in [0.2, 0.25) is 0 Å². The van der Waals surface area contributed by atoms with Crippen LogP contribution in [0, 0.1) is 0 Å². The van der Waals surface area contributed by atoms with Crippen molar-refractivity contribution >= 4 is 29.1 Å². The number of hydrogen-bond acceptors (Lipinski definition) is 7. The van der Waals surface area contributed by atoms with Gasteiger partial charge in [-0.05, 0) is 30.3 Å². The van der Waals surface area contributed by atoms with Crippen LogP contribution in [0.5, 0.6) is 5.75 Å². The summed E-state index contributed by atoms with van der Waals surface area (Å²) in [5.74, 6) is -1.43. The van der Waals surface area contributed by atoms with Gasteiger partial charge in [0, 0.05) is 37.4 Å². The number of methoxy groups -OCH3 is 1. The summed E-state index contributed by atoms with van der Waals surface area (Å²) >= 11 is 6.13. The first kappa shape index (κ1) is 22.3. The van der Waals surface area contributed by atoms with Crippen molar-refractivity contribution < 1.29 is 24.2 Å². The number of pyridine rings is 1. The van der Waals surface area contributed by atoms with E-state index in [0.717, 1.165) is 13.1 Å². The van der Waals surface area contributed by atoms with Crippen LogP contribution in [0.3, 0.4) is 0 Å². The molecule has 3 heterocycles. The maximum absolute atomic E-state index is 13.1. The number of aliphatic hydroxyl groups is 1. The SMILES string of the molecule is COc1ccc(Cl)cc1C(O)=C1C(=O)C(=O)N(CCN2CCOCC2)[C@H]1c1ccccn1. The van der Waals surface area contributed by atoms with Crippen LogP contribution < -0.4 is 4.74 Å². The number of hydrogen-bond donors (Lipinski definition) is 1. The number of morpholine rings is 1. The molecular formula is C23H24ClN3O5. The van der Waals surface area contributed by atoms with Crippen molar-refractivity contribution in [3.63, 3.8) is 0 Å². The average molecular weight is 458 g/mol. The van der Waals surface area contributed by atoms with Gasteiger partial charge in [-0.15, -0.1) is 0 Å². The fourth-order valence-electron chi connectivity index (χ4n) is 4.04. The number of carbonyl (C=O) groups excluding carboxylic acids is 2. The van der Waals surface area contributed by atoms with Gasteiger partial charge in [0.05, 0.1) is 37.2 Å². The second-order valence-electron chi connectivity index (χ2n) is 7.55. The Hall–Kier alpha value is -2.94. The fourth-order valence-corrected chi connectivity index (χ4v) is 4.21. The van der Waals surface area contributed by atoms with Crippen molar-refractivity contribution in [3.8, 4) is 5.75 Å². The number of amides is 1. The molecule has 1 atom stereocenters. The summed E-state index contributed by atoms with van der Waals surface area (Å²) in [7, 11) is 1.46. The molecule has 1 aromatic heterocycles. The highest BCUT2D eigenvalue weighted by molar-refractivity contribution is 6.46. The van der Waals surface area contributed by atoms with Crippen LogP contribution in [-0.4, -0.2) is 78.1 Å². The molecule has 2 fully saturated rings. The van der Waals surface area contributed by atoms with Crippen molar-refractivity contribution in [2.75, 3.05) is 46.5 Å². The second-order valence-corrected chi connectivity index (χ2v) is 7.98. The molecule has 1 N–H and O–H groups in total. The molecule has 2 saturated heterocycles. The van der Waals surface area contributed by atoms with Gasteiger partial charge in [0.25, 0.3) is 11.7 Å². The maximum Gasteiger partial charge on any atom is 0.295 e. The summed E-state index contributed by atoms with van der Waals surface area (Å²) in [6.45, 7) is 3.69. The van der Waals surface area contributed by atoms with E-state index in [9.17, 15) is 14.7 Å². The number of benzene rings is 1. The number of Topliss-reactive ketones (excluding diaryl/α,β-unsaturated/α-hetero) is 1. The molecule has 2 aliphatic rings. The normalized spacial score (nSPS) is 21.2. The van der Waals surface area contributed by atoms with Crippen molar-refractivity contribution in [2.45, 2.75) is 6.04 Å². The number of nitrogens with zero attached hydrogens (tertiary/aromatic N) is 3. The van der Waals surface area contributed by atoms with Crippen molar-refractivity contribution in [2.24, 2.45) is 0 Å². The lowest BCUT2D eigenvalue weighted by molar-refractivity contribution is -0.140. The van der Waals surface area contributed by atoms with E-state index in [0.29, 0.717) is 42.8 Å². The average Bonchev–Trinajstić information content (AvgIpc) is 3.08. The third-order valence-electron chi connectivity index (χ3n) is 5.69. The first-order valence-electron chi connectivity index (χ1n) is 10.3. The van der Waals surface area contributed by atoms with Gasteiger partial charge in [-0.2, -0.15) is 0 Å². The van der Waals surface area contributed by atoms with Gasteiger partial charge in [-0.1, -0.05) is 17.7 Å². The monoisotopic (exact) mass is 457 g/mol. The molecule has 0 saturated carbocycles. The zero-order chi connectivity index (χ0) is 22.7. The minimum Gasteiger partial charge on any atom is -0.507 e. The van der Waals surface area contributed by atoms with Gasteiger partial charge in [-0.25, -0.2) is 0 Å². The van der Waals surface area contributed by atoms with E-state index in [2.05, 4.69) is 9.88 Å². The largest absolute Gasteiger partial charge is 0.507 e. The first-order chi connectivity index (χ1) is 15.5. The quantitative estimate of drug-likeness (QED) is 0.404. The number of halogens is 1. The summed E-state index contributed by atoms with van der Waals surface area (Å²) < 4.78 is 10.7. The van der Waals surface area contributed by atoms with Crippen molar-refractivity contribution in [1.82, 2.24) is 14.8 Å². The minimum absolute atomic E-state index is 0.0313. The van der Waals surface area contributed by atoms with Crippen LogP contribution in [-0.2, 0) is 14.3 Å². The topological polar surface area (TPSA) is 92.2 Å². The first-order valence-corrected chi connectivity index (χ1v) is 10.7. The summed E-state index contributed by atoms with van der Waals surface area (Å²) in [6.07, 6.45) is 1.59. The Balaban J connectivity index is 1.76. The predicted molar refractivity (Wildman–Crippen MR) is 119 cm³/mol. The fraction of sp³-hybridized carbons (Fsp3) is 0.348. The zero-order valence-corrected chi connectivity index (χ0v) is 18.4. The Morgan fingerprint density at radius 3 is 2.69 bits per heavy atom. The molecule has 1 aromatic carbocycles. The predicted octanol–water partition coefficient (Wildman–Crippen LogP) is 2.50. The number of ether oxygens (including phenoxy) is 2. The summed E-state index contributed by atoms with van der Waals surface area (Å²) in [5.41, 5.74) is 0.708. The lowest BCUT2D eigenvalue weighted by Crippen LogP contribution is -2.42. The Labute approximate surface area is 191 Å². The highest BCUT2D eigenvalue weighted by atomic mass is 35.5. The third-order valence-corrected chi connectivity index (χ3v) is 5.92. The molecular weight excluding hydrogens is 434 g/mol. The van der Waals surface area contributed by atoms with Crippen LogP contribution in [0.25, 0.3) is 5.76 Å². The molecule has 8 nitrogen and oxygen atoms in total. The van der Waals surface area contributed by atoms with Gasteiger partial charge in [-0.3, -0.25) is 19.5 Å². The van der Waals surface area contributed by atoms with Gasteiger partial charge in [0.1, 0.15) is 17.6 Å². The van der Waals surface area contributed by atoms with E-state index in [1.807, 2.05) is 0 Å². The number of aromatic nitrogens is 1. The van der Waals surface area contributed by atoms with Crippen LogP contribution in [0.15, 0.2) is 48.2 Å². The van der Waals surface area contributed by atoms with Gasteiger partial charge in [0.15, 0.2) is 0 Å². The molecule has 0 spiro atoms. The molecule has 2 aliphatic heterocycles. The number of likely N-dealkylation sites (tertiary alicyclic amines) is 1. The standard InChI is InChI=1S/C23H24ClN3O5/c1-31-18-6-5-15(24)14-16(18)21(28)19-20(17-4-2-3-7-25-17)27(23(30)22(19)29)9-8-26-10-12-32-13-11-26/h2-7,14,20,28H,8-13H2,1H3/t20-/m0/s1. The smallest absolute Gasteiger partial charge is 0.295 e. The van der Waals surface area contributed by atoms with E-state index in [1.54, 1.807) is 36.5 Å². The lowest BCUT2D eigenvalue weighted by atomic mass is 9.98.